The number of carbonyl (C=O) groups is 1. The van der Waals surface area contributed by atoms with Crippen molar-refractivity contribution in [3.8, 4) is 17.2 Å². The van der Waals surface area contributed by atoms with E-state index in [0.717, 1.165) is 0 Å². The fourth-order valence-corrected chi connectivity index (χ4v) is 2.22. The average Bonchev–Trinajstić information content (AvgIpc) is 2.53. The second kappa shape index (κ2) is 6.11. The highest BCUT2D eigenvalue weighted by atomic mass is 16.6. The molecule has 0 amide bonds. The Labute approximate surface area is 130 Å². The van der Waals surface area contributed by atoms with E-state index >= 15 is 0 Å². The number of methoxy groups -OCH3 is 1. The van der Waals surface area contributed by atoms with E-state index in [4.69, 9.17) is 4.74 Å². The van der Waals surface area contributed by atoms with E-state index in [1.165, 1.54) is 38.3 Å². The second-order valence-corrected chi connectivity index (χ2v) is 4.61. The van der Waals surface area contributed by atoms with Crippen molar-refractivity contribution >= 4 is 11.7 Å². The van der Waals surface area contributed by atoms with E-state index in [9.17, 15) is 25.0 Å². The molecule has 0 aliphatic heterocycles. The van der Waals surface area contributed by atoms with Crippen molar-refractivity contribution < 1.29 is 14.5 Å². The molecule has 0 saturated carbocycles. The molecule has 8 heteroatoms. The monoisotopic (exact) mass is 313 g/mol. The van der Waals surface area contributed by atoms with Crippen LogP contribution in [-0.2, 0) is 4.74 Å². The number of pyridine rings is 1. The van der Waals surface area contributed by atoms with Crippen LogP contribution in [0.25, 0.3) is 11.1 Å². The highest BCUT2D eigenvalue weighted by Crippen LogP contribution is 2.29. The third kappa shape index (κ3) is 2.80. The summed E-state index contributed by atoms with van der Waals surface area (Å²) in [5.41, 5.74) is -0.340. The number of aromatic nitrogens is 1. The number of ether oxygens (including phenoxy) is 1. The molecule has 0 atom stereocenters. The number of aromatic amines is 1. The van der Waals surface area contributed by atoms with Crippen LogP contribution < -0.4 is 5.56 Å². The number of aryl methyl sites for hydroxylation is 1. The summed E-state index contributed by atoms with van der Waals surface area (Å²) in [6, 6.07) is 6.97. The van der Waals surface area contributed by atoms with Gasteiger partial charge in [-0.2, -0.15) is 5.26 Å². The highest BCUT2D eigenvalue weighted by molar-refractivity contribution is 5.99. The summed E-state index contributed by atoms with van der Waals surface area (Å²) in [7, 11) is 1.18. The summed E-state index contributed by atoms with van der Waals surface area (Å²) in [6.07, 6.45) is 0. The van der Waals surface area contributed by atoms with Crippen LogP contribution >= 0.6 is 0 Å². The van der Waals surface area contributed by atoms with Crippen LogP contribution in [-0.4, -0.2) is 23.0 Å². The average molecular weight is 313 g/mol. The number of esters is 1. The minimum absolute atomic E-state index is 0.0394. The quantitative estimate of drug-likeness (QED) is 0.524. The molecule has 0 saturated heterocycles. The number of hydrogen-bond acceptors (Lipinski definition) is 6. The Morgan fingerprint density at radius 2 is 1.96 bits per heavy atom. The number of nitriles is 1. The molecule has 8 nitrogen and oxygen atoms in total. The maximum atomic E-state index is 12.0. The van der Waals surface area contributed by atoms with Crippen LogP contribution in [0.5, 0.6) is 0 Å². The van der Waals surface area contributed by atoms with Gasteiger partial charge in [-0.25, -0.2) is 4.79 Å². The molecule has 1 N–H and O–H groups in total. The molecule has 0 radical (unpaired) electrons. The molecule has 1 aromatic carbocycles. The number of carbonyl (C=O) groups excluding carboxylic acids is 1. The summed E-state index contributed by atoms with van der Waals surface area (Å²) in [4.78, 5) is 36.6. The first-order valence-corrected chi connectivity index (χ1v) is 6.40. The first-order valence-electron chi connectivity index (χ1n) is 6.40. The van der Waals surface area contributed by atoms with Crippen LogP contribution in [0.3, 0.4) is 0 Å². The number of hydrogen-bond donors (Lipinski definition) is 1. The summed E-state index contributed by atoms with van der Waals surface area (Å²) < 4.78 is 4.70. The zero-order chi connectivity index (χ0) is 17.1. The molecule has 0 unspecified atom stereocenters. The lowest BCUT2D eigenvalue weighted by Gasteiger charge is -2.12. The lowest BCUT2D eigenvalue weighted by atomic mass is 9.94. The molecule has 2 aromatic rings. The fourth-order valence-electron chi connectivity index (χ4n) is 2.22. The number of non-ortho nitro benzene ring substituents is 1. The Bertz CT molecular complexity index is 891. The number of nitro groups is 1. The number of rotatable bonds is 3. The minimum atomic E-state index is -0.719. The van der Waals surface area contributed by atoms with Crippen molar-refractivity contribution in [1.29, 1.82) is 5.26 Å². The van der Waals surface area contributed by atoms with E-state index in [1.54, 1.807) is 6.07 Å². The Morgan fingerprint density at radius 3 is 2.43 bits per heavy atom. The number of nitrogens with zero attached hydrogens (tertiary/aromatic N) is 2. The van der Waals surface area contributed by atoms with Gasteiger partial charge >= 0.3 is 5.97 Å². The van der Waals surface area contributed by atoms with E-state index < -0.39 is 16.5 Å². The summed E-state index contributed by atoms with van der Waals surface area (Å²) in [6.45, 7) is 1.50. The Balaban J connectivity index is 2.83. The van der Waals surface area contributed by atoms with Gasteiger partial charge in [0.05, 0.1) is 17.6 Å². The molecule has 0 bridgehead atoms. The van der Waals surface area contributed by atoms with Gasteiger partial charge in [-0.1, -0.05) is 0 Å². The summed E-state index contributed by atoms with van der Waals surface area (Å²) in [5, 5.41) is 20.0. The number of nitro benzene ring substituents is 1. The van der Waals surface area contributed by atoms with Crippen LogP contribution in [0.2, 0.25) is 0 Å². The molecule has 116 valence electrons. The molecular formula is C15H11N3O5. The van der Waals surface area contributed by atoms with Gasteiger partial charge < -0.3 is 9.72 Å². The van der Waals surface area contributed by atoms with Gasteiger partial charge in [-0.3, -0.25) is 14.9 Å². The summed E-state index contributed by atoms with van der Waals surface area (Å²) in [5.74, 6) is -0.719. The van der Waals surface area contributed by atoms with Gasteiger partial charge in [0.15, 0.2) is 0 Å². The van der Waals surface area contributed by atoms with Gasteiger partial charge in [0.2, 0.25) is 0 Å². The number of nitrogens with one attached hydrogen (secondary N) is 1. The zero-order valence-electron chi connectivity index (χ0n) is 12.2. The van der Waals surface area contributed by atoms with Crippen LogP contribution in [0.15, 0.2) is 29.1 Å². The maximum Gasteiger partial charge on any atom is 0.340 e. The van der Waals surface area contributed by atoms with E-state index in [0.29, 0.717) is 5.56 Å². The normalized spacial score (nSPS) is 9.96. The fraction of sp³-hybridized carbons (Fsp3) is 0.133. The second-order valence-electron chi connectivity index (χ2n) is 4.61. The van der Waals surface area contributed by atoms with Crippen LogP contribution in [0.1, 0.15) is 21.6 Å². The Morgan fingerprint density at radius 1 is 1.35 bits per heavy atom. The zero-order valence-corrected chi connectivity index (χ0v) is 12.2. The van der Waals surface area contributed by atoms with Crippen LogP contribution in [0, 0.1) is 28.4 Å². The largest absolute Gasteiger partial charge is 0.465 e. The first-order chi connectivity index (χ1) is 10.9. The smallest absolute Gasteiger partial charge is 0.340 e. The first kappa shape index (κ1) is 15.9. The highest BCUT2D eigenvalue weighted by Gasteiger charge is 2.23. The SMILES string of the molecule is COC(=O)c1c(C)[nH]c(=O)c(C#N)c1-c1ccc([N+](=O)[O-])cc1. The predicted molar refractivity (Wildman–Crippen MR) is 79.9 cm³/mol. The van der Waals surface area contributed by atoms with Gasteiger partial charge in [0, 0.05) is 23.4 Å². The Hall–Kier alpha value is -3.47. The lowest BCUT2D eigenvalue weighted by Crippen LogP contribution is -2.19. The topological polar surface area (TPSA) is 126 Å². The minimum Gasteiger partial charge on any atom is -0.465 e. The number of benzene rings is 1. The van der Waals surface area contributed by atoms with Gasteiger partial charge in [0.25, 0.3) is 11.2 Å². The summed E-state index contributed by atoms with van der Waals surface area (Å²) >= 11 is 0. The Kier molecular flexibility index (Phi) is 4.23. The third-order valence-electron chi connectivity index (χ3n) is 3.27. The van der Waals surface area contributed by atoms with Gasteiger partial charge in [0.1, 0.15) is 11.6 Å². The molecule has 0 aliphatic carbocycles. The number of H-pyrrole nitrogens is 1. The third-order valence-corrected chi connectivity index (χ3v) is 3.27. The molecule has 0 aliphatic rings. The molecular weight excluding hydrogens is 302 g/mol. The van der Waals surface area contributed by atoms with Crippen molar-refractivity contribution in [2.45, 2.75) is 6.92 Å². The van der Waals surface area contributed by atoms with Gasteiger partial charge in [-0.05, 0) is 24.6 Å². The van der Waals surface area contributed by atoms with Gasteiger partial charge in [-0.15, -0.1) is 0 Å². The van der Waals surface area contributed by atoms with Crippen molar-refractivity contribution in [2.24, 2.45) is 0 Å². The van der Waals surface area contributed by atoms with Crippen molar-refractivity contribution in [3.05, 3.63) is 61.6 Å². The molecule has 1 heterocycles. The van der Waals surface area contributed by atoms with Crippen molar-refractivity contribution in [1.82, 2.24) is 4.98 Å². The van der Waals surface area contributed by atoms with Crippen molar-refractivity contribution in [2.75, 3.05) is 7.11 Å². The molecule has 0 spiro atoms. The lowest BCUT2D eigenvalue weighted by molar-refractivity contribution is -0.384. The standard InChI is InChI=1S/C15H11N3O5/c1-8-12(15(20)23-2)13(11(7-16)14(19)17-8)9-3-5-10(6-4-9)18(21)22/h3-6H,1-2H3,(H,17,19). The molecule has 0 fully saturated rings. The molecule has 2 rings (SSSR count). The van der Waals surface area contributed by atoms with E-state index in [1.807, 2.05) is 0 Å². The predicted octanol–water partition coefficient (Wildman–Crippen LogP) is 1.92. The van der Waals surface area contributed by atoms with E-state index in [2.05, 4.69) is 4.98 Å². The van der Waals surface area contributed by atoms with Crippen molar-refractivity contribution in [3.63, 3.8) is 0 Å². The van der Waals surface area contributed by atoms with E-state index in [-0.39, 0.29) is 28.1 Å². The maximum absolute atomic E-state index is 12.0. The molecule has 1 aromatic heterocycles. The molecule has 23 heavy (non-hydrogen) atoms. The van der Waals surface area contributed by atoms with Crippen LogP contribution in [0.4, 0.5) is 5.69 Å².